The predicted molar refractivity (Wildman–Crippen MR) is 209 cm³/mol. The maximum atomic E-state index is 5.29. The first kappa shape index (κ1) is 29.0. The van der Waals surface area contributed by atoms with Crippen LogP contribution in [0.1, 0.15) is 0 Å². The summed E-state index contributed by atoms with van der Waals surface area (Å²) in [6, 6.07) is 60.9. The molecular weight excluding hydrogens is 623 g/mol. The molecule has 0 bridgehead atoms. The second kappa shape index (κ2) is 11.9. The molecule has 0 N–H and O–H groups in total. The highest BCUT2D eigenvalue weighted by Gasteiger charge is 2.20. The Bertz CT molecular complexity index is 2820. The number of nitrogens with zero attached hydrogens (tertiary/aromatic N) is 5. The first-order valence-corrected chi connectivity index (χ1v) is 17.1. The van der Waals surface area contributed by atoms with Gasteiger partial charge in [0.2, 0.25) is 0 Å². The van der Waals surface area contributed by atoms with Crippen LogP contribution in [0.5, 0.6) is 0 Å². The lowest BCUT2D eigenvalue weighted by molar-refractivity contribution is 1.07. The zero-order valence-electron chi connectivity index (χ0n) is 27.5. The smallest absolute Gasteiger partial charge is 0.164 e. The molecule has 238 valence electrons. The van der Waals surface area contributed by atoms with Crippen LogP contribution in [0.3, 0.4) is 0 Å². The highest BCUT2D eigenvalue weighted by Crippen LogP contribution is 2.42. The van der Waals surface area contributed by atoms with Crippen LogP contribution in [0.15, 0.2) is 176 Å². The highest BCUT2D eigenvalue weighted by atomic mass is 15.0. The van der Waals surface area contributed by atoms with Crippen molar-refractivity contribution in [3.05, 3.63) is 176 Å². The van der Waals surface area contributed by atoms with Crippen LogP contribution in [0.4, 0.5) is 0 Å². The normalized spacial score (nSPS) is 11.5. The summed E-state index contributed by atoms with van der Waals surface area (Å²) in [5.41, 5.74) is 9.23. The molecule has 10 aromatic rings. The molecule has 0 amide bonds. The SMILES string of the molecule is c1ccc(-c2nc(-c3ccccc3)nc(-c3ccc(-c4nc5ccccc5c5c4ccc4c5c5ccccc5n4-c4ccccc4)cc3)n2)cc1. The molecular formula is C46H29N5. The molecule has 0 aliphatic rings. The van der Waals surface area contributed by atoms with E-state index in [-0.39, 0.29) is 0 Å². The third-order valence-corrected chi connectivity index (χ3v) is 9.63. The molecule has 10 rings (SSSR count). The molecule has 0 unspecified atom stereocenters. The number of benzene rings is 7. The molecule has 5 heteroatoms. The summed E-state index contributed by atoms with van der Waals surface area (Å²) in [6.07, 6.45) is 0. The van der Waals surface area contributed by atoms with Gasteiger partial charge in [0.15, 0.2) is 17.5 Å². The molecule has 7 aromatic carbocycles. The van der Waals surface area contributed by atoms with Gasteiger partial charge in [-0.25, -0.2) is 19.9 Å². The van der Waals surface area contributed by atoms with Crippen LogP contribution < -0.4 is 0 Å². The average Bonchev–Trinajstić information content (AvgIpc) is 3.56. The minimum absolute atomic E-state index is 0.626. The van der Waals surface area contributed by atoms with Gasteiger partial charge in [0.05, 0.1) is 22.2 Å². The Morgan fingerprint density at radius 3 is 1.47 bits per heavy atom. The number of hydrogen-bond acceptors (Lipinski definition) is 4. The van der Waals surface area contributed by atoms with Gasteiger partial charge in [0.1, 0.15) is 0 Å². The van der Waals surface area contributed by atoms with Gasteiger partial charge in [0.25, 0.3) is 0 Å². The summed E-state index contributed by atoms with van der Waals surface area (Å²) < 4.78 is 2.37. The highest BCUT2D eigenvalue weighted by molar-refractivity contribution is 6.29. The van der Waals surface area contributed by atoms with Crippen molar-refractivity contribution in [1.29, 1.82) is 0 Å². The first-order chi connectivity index (χ1) is 25.3. The number of pyridine rings is 1. The van der Waals surface area contributed by atoms with E-state index in [1.807, 2.05) is 60.7 Å². The van der Waals surface area contributed by atoms with Crippen LogP contribution in [0, 0.1) is 0 Å². The summed E-state index contributed by atoms with van der Waals surface area (Å²) in [4.78, 5) is 20.0. The van der Waals surface area contributed by atoms with E-state index in [1.165, 1.54) is 27.2 Å². The Balaban J connectivity index is 1.17. The van der Waals surface area contributed by atoms with E-state index in [9.17, 15) is 0 Å². The summed E-state index contributed by atoms with van der Waals surface area (Å²) in [5, 5.41) is 5.92. The number of rotatable bonds is 5. The van der Waals surface area contributed by atoms with Crippen molar-refractivity contribution < 1.29 is 0 Å². The summed E-state index contributed by atoms with van der Waals surface area (Å²) >= 11 is 0. The third-order valence-electron chi connectivity index (χ3n) is 9.63. The molecule has 0 radical (unpaired) electrons. The van der Waals surface area contributed by atoms with E-state index in [4.69, 9.17) is 19.9 Å². The van der Waals surface area contributed by atoms with Crippen molar-refractivity contribution in [2.75, 3.05) is 0 Å². The van der Waals surface area contributed by atoms with Gasteiger partial charge < -0.3 is 4.57 Å². The maximum Gasteiger partial charge on any atom is 0.164 e. The van der Waals surface area contributed by atoms with Crippen LogP contribution in [0.25, 0.3) is 94.6 Å². The van der Waals surface area contributed by atoms with Crippen molar-refractivity contribution in [3.8, 4) is 51.1 Å². The number of fused-ring (bicyclic) bond motifs is 7. The maximum absolute atomic E-state index is 5.29. The molecule has 0 aliphatic carbocycles. The molecule has 51 heavy (non-hydrogen) atoms. The van der Waals surface area contributed by atoms with E-state index in [2.05, 4.69) is 120 Å². The Morgan fingerprint density at radius 2 is 0.824 bits per heavy atom. The largest absolute Gasteiger partial charge is 0.309 e. The molecule has 0 saturated carbocycles. The molecule has 5 nitrogen and oxygen atoms in total. The molecule has 0 fully saturated rings. The summed E-state index contributed by atoms with van der Waals surface area (Å²) in [5.74, 6) is 1.91. The second-order valence-corrected chi connectivity index (χ2v) is 12.7. The van der Waals surface area contributed by atoms with Gasteiger partial charge in [-0.15, -0.1) is 0 Å². The Morgan fingerprint density at radius 1 is 0.314 bits per heavy atom. The zero-order chi connectivity index (χ0) is 33.7. The van der Waals surface area contributed by atoms with Gasteiger partial charge in [-0.1, -0.05) is 146 Å². The van der Waals surface area contributed by atoms with Crippen molar-refractivity contribution in [2.24, 2.45) is 0 Å². The van der Waals surface area contributed by atoms with Crippen molar-refractivity contribution in [2.45, 2.75) is 0 Å². The minimum Gasteiger partial charge on any atom is -0.309 e. The topological polar surface area (TPSA) is 56.5 Å². The number of hydrogen-bond donors (Lipinski definition) is 0. The fourth-order valence-corrected chi connectivity index (χ4v) is 7.29. The summed E-state index contributed by atoms with van der Waals surface area (Å²) in [7, 11) is 0. The second-order valence-electron chi connectivity index (χ2n) is 12.7. The van der Waals surface area contributed by atoms with Gasteiger partial charge in [-0.05, 0) is 30.3 Å². The Kier molecular flexibility index (Phi) is 6.74. The predicted octanol–water partition coefficient (Wildman–Crippen LogP) is 11.3. The summed E-state index contributed by atoms with van der Waals surface area (Å²) in [6.45, 7) is 0. The van der Waals surface area contributed by atoms with Gasteiger partial charge in [-0.2, -0.15) is 0 Å². The number of aromatic nitrogens is 5. The lowest BCUT2D eigenvalue weighted by Gasteiger charge is -2.13. The van der Waals surface area contributed by atoms with E-state index in [1.54, 1.807) is 0 Å². The van der Waals surface area contributed by atoms with Crippen LogP contribution in [-0.2, 0) is 0 Å². The van der Waals surface area contributed by atoms with Gasteiger partial charge in [0, 0.05) is 54.9 Å². The van der Waals surface area contributed by atoms with Crippen molar-refractivity contribution in [3.63, 3.8) is 0 Å². The molecule has 0 saturated heterocycles. The lowest BCUT2D eigenvalue weighted by atomic mass is 9.96. The van der Waals surface area contributed by atoms with E-state index in [0.29, 0.717) is 17.5 Å². The quantitative estimate of drug-likeness (QED) is 0.174. The monoisotopic (exact) mass is 651 g/mol. The van der Waals surface area contributed by atoms with Crippen LogP contribution >= 0.6 is 0 Å². The zero-order valence-corrected chi connectivity index (χ0v) is 27.5. The van der Waals surface area contributed by atoms with Crippen LogP contribution in [-0.4, -0.2) is 24.5 Å². The molecule has 3 heterocycles. The molecule has 0 spiro atoms. The third kappa shape index (κ3) is 4.86. The standard InChI is InChI=1S/C46H29N5/c1-4-14-31(15-5-1)44-48-45(32-16-6-2-7-17-32)50-46(49-44)33-26-24-30(25-27-33)43-37-28-29-40-42(41(37)35-20-10-12-22-38(35)47-43)36-21-11-13-23-39(36)51(40)34-18-8-3-9-19-34/h1-29H. The fraction of sp³-hybridized carbons (Fsp3) is 0. The number of para-hydroxylation sites is 3. The molecule has 3 aromatic heterocycles. The minimum atomic E-state index is 0.626. The van der Waals surface area contributed by atoms with E-state index < -0.39 is 0 Å². The van der Waals surface area contributed by atoms with E-state index >= 15 is 0 Å². The van der Waals surface area contributed by atoms with Crippen molar-refractivity contribution in [1.82, 2.24) is 24.5 Å². The first-order valence-electron chi connectivity index (χ1n) is 17.1. The van der Waals surface area contributed by atoms with Crippen molar-refractivity contribution >= 4 is 43.5 Å². The Hall–Kier alpha value is -6.98. The molecule has 0 atom stereocenters. The average molecular weight is 652 g/mol. The van der Waals surface area contributed by atoms with Gasteiger partial charge >= 0.3 is 0 Å². The van der Waals surface area contributed by atoms with Gasteiger partial charge in [-0.3, -0.25) is 0 Å². The van der Waals surface area contributed by atoms with Crippen LogP contribution in [0.2, 0.25) is 0 Å². The van der Waals surface area contributed by atoms with E-state index in [0.717, 1.165) is 49.9 Å². The molecule has 0 aliphatic heterocycles. The Labute approximate surface area is 294 Å². The lowest BCUT2D eigenvalue weighted by Crippen LogP contribution is -2.00. The fourth-order valence-electron chi connectivity index (χ4n) is 7.29.